The second-order valence-corrected chi connectivity index (χ2v) is 4.36. The Kier molecular flexibility index (Phi) is 3.05. The lowest BCUT2D eigenvalue weighted by Gasteiger charge is -1.96. The summed E-state index contributed by atoms with van der Waals surface area (Å²) >= 11 is 0. The molecule has 20 heavy (non-hydrogen) atoms. The second-order valence-electron chi connectivity index (χ2n) is 4.36. The highest BCUT2D eigenvalue weighted by atomic mass is 16.4. The van der Waals surface area contributed by atoms with Crippen LogP contribution in [0.4, 0.5) is 0 Å². The molecule has 0 radical (unpaired) electrons. The predicted molar refractivity (Wildman–Crippen MR) is 77.3 cm³/mol. The van der Waals surface area contributed by atoms with Crippen LogP contribution in [0, 0.1) is 0 Å². The average Bonchev–Trinajstić information content (AvgIpc) is 2.90. The van der Waals surface area contributed by atoms with Gasteiger partial charge in [0, 0.05) is 23.4 Å². The van der Waals surface area contributed by atoms with Crippen LogP contribution in [-0.2, 0) is 4.79 Å². The number of fused-ring (bicyclic) bond motifs is 1. The van der Waals surface area contributed by atoms with Crippen molar-refractivity contribution in [2.45, 2.75) is 0 Å². The van der Waals surface area contributed by atoms with Crippen molar-refractivity contribution in [1.82, 2.24) is 9.61 Å². The van der Waals surface area contributed by atoms with Gasteiger partial charge in [-0.1, -0.05) is 36.4 Å². The molecule has 0 bridgehead atoms. The topological polar surface area (TPSA) is 54.6 Å². The van der Waals surface area contributed by atoms with Gasteiger partial charge in [0.25, 0.3) is 0 Å². The third kappa shape index (κ3) is 2.31. The molecule has 0 aliphatic rings. The van der Waals surface area contributed by atoms with Crippen molar-refractivity contribution in [3.05, 3.63) is 66.4 Å². The number of carboxylic acids is 1. The quantitative estimate of drug-likeness (QED) is 0.739. The Bertz CT molecular complexity index is 789. The lowest BCUT2D eigenvalue weighted by atomic mass is 10.1. The first kappa shape index (κ1) is 12.2. The summed E-state index contributed by atoms with van der Waals surface area (Å²) in [6.45, 7) is 0. The maximum atomic E-state index is 10.6. The number of carbonyl (C=O) groups is 1. The van der Waals surface area contributed by atoms with Gasteiger partial charge in [0.1, 0.15) is 0 Å². The van der Waals surface area contributed by atoms with Crippen LogP contribution >= 0.6 is 0 Å². The molecule has 0 unspecified atom stereocenters. The van der Waals surface area contributed by atoms with Crippen molar-refractivity contribution >= 4 is 17.6 Å². The molecule has 1 aromatic carbocycles. The van der Waals surface area contributed by atoms with Crippen molar-refractivity contribution < 1.29 is 9.90 Å². The van der Waals surface area contributed by atoms with E-state index in [0.717, 1.165) is 28.4 Å². The van der Waals surface area contributed by atoms with E-state index in [9.17, 15) is 4.79 Å². The lowest BCUT2D eigenvalue weighted by molar-refractivity contribution is -0.131. The number of rotatable bonds is 3. The number of hydrogen-bond acceptors (Lipinski definition) is 2. The summed E-state index contributed by atoms with van der Waals surface area (Å²) in [7, 11) is 0. The van der Waals surface area contributed by atoms with E-state index in [1.54, 1.807) is 10.6 Å². The number of aliphatic carboxylic acids is 1. The fourth-order valence-electron chi connectivity index (χ4n) is 2.09. The predicted octanol–water partition coefficient (Wildman–Crippen LogP) is 3.10. The summed E-state index contributed by atoms with van der Waals surface area (Å²) < 4.78 is 1.75. The smallest absolute Gasteiger partial charge is 0.328 e. The van der Waals surface area contributed by atoms with Crippen molar-refractivity contribution in [2.24, 2.45) is 0 Å². The minimum absolute atomic E-state index is 0.824. The molecule has 3 rings (SSSR count). The molecule has 0 atom stereocenters. The standard InChI is InChI=1S/C16H12N2O2/c19-16(20)9-8-13-7-4-10-18-15(13)11-14(17-18)12-5-2-1-3-6-12/h1-11H,(H,19,20). The van der Waals surface area contributed by atoms with Gasteiger partial charge in [0.05, 0.1) is 11.2 Å². The van der Waals surface area contributed by atoms with Crippen LogP contribution in [-0.4, -0.2) is 20.7 Å². The molecule has 98 valence electrons. The van der Waals surface area contributed by atoms with Crippen molar-refractivity contribution in [1.29, 1.82) is 0 Å². The summed E-state index contributed by atoms with van der Waals surface area (Å²) in [6.07, 6.45) is 4.55. The van der Waals surface area contributed by atoms with E-state index in [1.807, 2.05) is 54.7 Å². The van der Waals surface area contributed by atoms with Gasteiger partial charge >= 0.3 is 5.97 Å². The van der Waals surface area contributed by atoms with Gasteiger partial charge in [-0.05, 0) is 18.2 Å². The molecule has 0 saturated carbocycles. The molecular weight excluding hydrogens is 252 g/mol. The van der Waals surface area contributed by atoms with Crippen molar-refractivity contribution in [2.75, 3.05) is 0 Å². The second kappa shape index (κ2) is 5.01. The highest BCUT2D eigenvalue weighted by Gasteiger charge is 2.06. The van der Waals surface area contributed by atoms with Gasteiger partial charge in [-0.15, -0.1) is 0 Å². The normalized spacial score (nSPS) is 11.2. The van der Waals surface area contributed by atoms with E-state index < -0.39 is 5.97 Å². The van der Waals surface area contributed by atoms with E-state index in [-0.39, 0.29) is 0 Å². The van der Waals surface area contributed by atoms with Crippen LogP contribution in [0.5, 0.6) is 0 Å². The molecule has 4 heteroatoms. The van der Waals surface area contributed by atoms with E-state index in [0.29, 0.717) is 0 Å². The summed E-state index contributed by atoms with van der Waals surface area (Å²) in [4.78, 5) is 10.6. The number of pyridine rings is 1. The van der Waals surface area contributed by atoms with E-state index in [1.165, 1.54) is 0 Å². The number of aromatic nitrogens is 2. The van der Waals surface area contributed by atoms with Gasteiger partial charge in [-0.25, -0.2) is 9.31 Å². The van der Waals surface area contributed by atoms with Crippen LogP contribution in [0.1, 0.15) is 5.56 Å². The molecule has 0 aliphatic carbocycles. The lowest BCUT2D eigenvalue weighted by Crippen LogP contribution is -1.89. The molecular formula is C16H12N2O2. The molecule has 0 aliphatic heterocycles. The molecule has 0 saturated heterocycles. The molecule has 3 aromatic rings. The summed E-state index contributed by atoms with van der Waals surface area (Å²) in [6, 6.07) is 15.5. The summed E-state index contributed by atoms with van der Waals surface area (Å²) in [5.41, 5.74) is 3.60. The number of benzene rings is 1. The highest BCUT2D eigenvalue weighted by molar-refractivity contribution is 5.87. The Morgan fingerprint density at radius 2 is 1.95 bits per heavy atom. The van der Waals surface area contributed by atoms with Gasteiger partial charge in [0.2, 0.25) is 0 Å². The fraction of sp³-hybridized carbons (Fsp3) is 0. The first-order valence-corrected chi connectivity index (χ1v) is 6.19. The largest absolute Gasteiger partial charge is 0.478 e. The maximum Gasteiger partial charge on any atom is 0.328 e. The van der Waals surface area contributed by atoms with Crippen molar-refractivity contribution in [3.8, 4) is 11.3 Å². The van der Waals surface area contributed by atoms with Crippen LogP contribution in [0.3, 0.4) is 0 Å². The Balaban J connectivity index is 2.12. The summed E-state index contributed by atoms with van der Waals surface area (Å²) in [5, 5.41) is 13.2. The molecule has 4 nitrogen and oxygen atoms in total. The zero-order valence-electron chi connectivity index (χ0n) is 10.6. The van der Waals surface area contributed by atoms with E-state index in [4.69, 9.17) is 5.11 Å². The Hall–Kier alpha value is -2.88. The number of hydrogen-bond donors (Lipinski definition) is 1. The molecule has 0 fully saturated rings. The summed E-state index contributed by atoms with van der Waals surface area (Å²) in [5.74, 6) is -0.963. The first-order chi connectivity index (χ1) is 9.74. The van der Waals surface area contributed by atoms with Crippen molar-refractivity contribution in [3.63, 3.8) is 0 Å². The molecule has 0 amide bonds. The first-order valence-electron chi connectivity index (χ1n) is 6.19. The third-order valence-corrected chi connectivity index (χ3v) is 3.01. The van der Waals surface area contributed by atoms with E-state index in [2.05, 4.69) is 5.10 Å². The SMILES string of the molecule is O=C(O)C=Cc1cccn2nc(-c3ccccc3)cc12. The molecule has 2 heterocycles. The fourth-order valence-corrected chi connectivity index (χ4v) is 2.09. The van der Waals surface area contributed by atoms with Crippen LogP contribution in [0.2, 0.25) is 0 Å². The number of carboxylic acid groups (broad SMARTS) is 1. The monoisotopic (exact) mass is 264 g/mol. The maximum absolute atomic E-state index is 10.6. The minimum atomic E-state index is -0.963. The molecule has 1 N–H and O–H groups in total. The zero-order valence-corrected chi connectivity index (χ0v) is 10.6. The van der Waals surface area contributed by atoms with Crippen LogP contribution in [0.25, 0.3) is 22.9 Å². The third-order valence-electron chi connectivity index (χ3n) is 3.01. The van der Waals surface area contributed by atoms with Gasteiger partial charge in [-0.3, -0.25) is 0 Å². The van der Waals surface area contributed by atoms with Crippen LogP contribution < -0.4 is 0 Å². The van der Waals surface area contributed by atoms with Gasteiger partial charge < -0.3 is 5.11 Å². The van der Waals surface area contributed by atoms with Crippen LogP contribution in [0.15, 0.2) is 60.8 Å². The number of nitrogens with zero attached hydrogens (tertiary/aromatic N) is 2. The highest BCUT2D eigenvalue weighted by Crippen LogP contribution is 2.22. The molecule has 2 aromatic heterocycles. The Morgan fingerprint density at radius 1 is 1.15 bits per heavy atom. The molecule has 0 spiro atoms. The van der Waals surface area contributed by atoms with E-state index >= 15 is 0 Å². The minimum Gasteiger partial charge on any atom is -0.478 e. The van der Waals surface area contributed by atoms with Gasteiger partial charge in [0.15, 0.2) is 0 Å². The average molecular weight is 264 g/mol. The zero-order chi connectivity index (χ0) is 13.9. The van der Waals surface area contributed by atoms with Gasteiger partial charge in [-0.2, -0.15) is 5.10 Å². The Morgan fingerprint density at radius 3 is 2.70 bits per heavy atom. The Labute approximate surface area is 115 Å².